The third kappa shape index (κ3) is 3.62. The second-order valence-corrected chi connectivity index (χ2v) is 5.59. The van der Waals surface area contributed by atoms with Crippen LogP contribution < -0.4 is 4.72 Å². The third-order valence-corrected chi connectivity index (χ3v) is 3.35. The minimum Gasteiger partial charge on any atom is -0.396 e. The number of aliphatic hydroxyl groups is 1. The van der Waals surface area contributed by atoms with Gasteiger partial charge in [-0.15, -0.1) is 0 Å². The fraction of sp³-hybridized carbons (Fsp3) is 1.00. The Bertz CT molecular complexity index is 250. The Kier molecular flexibility index (Phi) is 3.70. The Morgan fingerprint density at radius 2 is 2.00 bits per heavy atom. The summed E-state index contributed by atoms with van der Waals surface area (Å²) in [7, 11) is -3.07. The molecule has 0 bridgehead atoms. The van der Waals surface area contributed by atoms with Gasteiger partial charge in [0.05, 0.1) is 6.26 Å². The molecular weight excluding hydrogens is 190 g/mol. The molecule has 1 saturated carbocycles. The second kappa shape index (κ2) is 4.39. The van der Waals surface area contributed by atoms with E-state index in [2.05, 4.69) is 4.72 Å². The van der Waals surface area contributed by atoms with Gasteiger partial charge in [0.25, 0.3) is 0 Å². The van der Waals surface area contributed by atoms with Gasteiger partial charge in [0.1, 0.15) is 0 Å². The zero-order chi connectivity index (χ0) is 9.90. The zero-order valence-electron chi connectivity index (χ0n) is 7.86. The topological polar surface area (TPSA) is 66.4 Å². The minimum absolute atomic E-state index is 0.177. The summed E-state index contributed by atoms with van der Waals surface area (Å²) < 4.78 is 24.1. The highest BCUT2D eigenvalue weighted by molar-refractivity contribution is 7.88. The van der Waals surface area contributed by atoms with Crippen molar-refractivity contribution in [3.63, 3.8) is 0 Å². The number of hydrogen-bond acceptors (Lipinski definition) is 3. The van der Waals surface area contributed by atoms with Gasteiger partial charge in [0.2, 0.25) is 10.0 Å². The molecule has 2 N–H and O–H groups in total. The average molecular weight is 207 g/mol. The molecule has 2 atom stereocenters. The highest BCUT2D eigenvalue weighted by Gasteiger charge is 2.26. The van der Waals surface area contributed by atoms with Crippen LogP contribution in [0, 0.1) is 11.8 Å². The van der Waals surface area contributed by atoms with Crippen molar-refractivity contribution in [1.29, 1.82) is 0 Å². The molecular formula is C8H17NO3S. The molecule has 0 heterocycles. The Hall–Kier alpha value is -0.130. The van der Waals surface area contributed by atoms with Gasteiger partial charge in [-0.2, -0.15) is 0 Å². The fourth-order valence-corrected chi connectivity index (χ4v) is 2.40. The molecule has 0 aromatic heterocycles. The van der Waals surface area contributed by atoms with Gasteiger partial charge in [0.15, 0.2) is 0 Å². The molecule has 0 aliphatic heterocycles. The molecule has 0 amide bonds. The average Bonchev–Trinajstić information content (AvgIpc) is 2.46. The van der Waals surface area contributed by atoms with Crippen LogP contribution in [-0.4, -0.2) is 32.9 Å². The first-order valence-corrected chi connectivity index (χ1v) is 6.47. The van der Waals surface area contributed by atoms with Crippen LogP contribution in [0.1, 0.15) is 19.3 Å². The molecule has 1 aliphatic carbocycles. The number of hydrogen-bond donors (Lipinski definition) is 2. The van der Waals surface area contributed by atoms with Gasteiger partial charge in [-0.3, -0.25) is 0 Å². The Balaban J connectivity index is 2.36. The maximum absolute atomic E-state index is 10.8. The monoisotopic (exact) mass is 207 g/mol. The van der Waals surface area contributed by atoms with Crippen molar-refractivity contribution in [3.05, 3.63) is 0 Å². The number of rotatable bonds is 4. The molecule has 2 unspecified atom stereocenters. The van der Waals surface area contributed by atoms with Gasteiger partial charge in [0, 0.05) is 13.2 Å². The van der Waals surface area contributed by atoms with E-state index in [1.807, 2.05) is 0 Å². The van der Waals surface area contributed by atoms with E-state index in [0.29, 0.717) is 12.5 Å². The predicted octanol–water partition coefficient (Wildman–Crippen LogP) is -0.0558. The van der Waals surface area contributed by atoms with Gasteiger partial charge in [-0.1, -0.05) is 6.42 Å². The van der Waals surface area contributed by atoms with Crippen molar-refractivity contribution in [1.82, 2.24) is 4.72 Å². The van der Waals surface area contributed by atoms with Gasteiger partial charge in [-0.25, -0.2) is 13.1 Å². The fourth-order valence-electron chi connectivity index (χ4n) is 1.88. The molecule has 4 nitrogen and oxygen atoms in total. The van der Waals surface area contributed by atoms with Crippen LogP contribution >= 0.6 is 0 Å². The normalized spacial score (nSPS) is 29.4. The van der Waals surface area contributed by atoms with E-state index in [1.54, 1.807) is 0 Å². The number of sulfonamides is 1. The van der Waals surface area contributed by atoms with Crippen molar-refractivity contribution in [2.45, 2.75) is 19.3 Å². The SMILES string of the molecule is CS(=O)(=O)NCC1CCCC1CO. The molecule has 78 valence electrons. The van der Waals surface area contributed by atoms with Crippen molar-refractivity contribution < 1.29 is 13.5 Å². The summed E-state index contributed by atoms with van der Waals surface area (Å²) in [6.45, 7) is 0.653. The van der Waals surface area contributed by atoms with Crippen molar-refractivity contribution in [3.8, 4) is 0 Å². The van der Waals surface area contributed by atoms with E-state index in [-0.39, 0.29) is 12.5 Å². The van der Waals surface area contributed by atoms with Crippen LogP contribution in [0.2, 0.25) is 0 Å². The molecule has 0 aromatic rings. The Morgan fingerprint density at radius 3 is 2.54 bits per heavy atom. The predicted molar refractivity (Wildman–Crippen MR) is 50.8 cm³/mol. The number of nitrogens with one attached hydrogen (secondary N) is 1. The first kappa shape index (κ1) is 10.9. The van der Waals surface area contributed by atoms with Crippen LogP contribution in [0.15, 0.2) is 0 Å². The molecule has 13 heavy (non-hydrogen) atoms. The maximum Gasteiger partial charge on any atom is 0.208 e. The lowest BCUT2D eigenvalue weighted by Crippen LogP contribution is -2.30. The summed E-state index contributed by atoms with van der Waals surface area (Å²) >= 11 is 0. The lowest BCUT2D eigenvalue weighted by atomic mass is 9.97. The molecule has 0 spiro atoms. The Labute approximate surface area is 79.4 Å². The largest absolute Gasteiger partial charge is 0.396 e. The summed E-state index contributed by atoms with van der Waals surface area (Å²) in [5, 5.41) is 8.99. The van der Waals surface area contributed by atoms with Crippen molar-refractivity contribution >= 4 is 10.0 Å². The molecule has 5 heteroatoms. The Morgan fingerprint density at radius 1 is 1.38 bits per heavy atom. The van der Waals surface area contributed by atoms with Gasteiger partial charge in [-0.05, 0) is 24.7 Å². The van der Waals surface area contributed by atoms with E-state index in [0.717, 1.165) is 25.5 Å². The van der Waals surface area contributed by atoms with Crippen molar-refractivity contribution in [2.24, 2.45) is 11.8 Å². The van der Waals surface area contributed by atoms with Gasteiger partial charge >= 0.3 is 0 Å². The third-order valence-electron chi connectivity index (χ3n) is 2.66. The standard InChI is InChI=1S/C8H17NO3S/c1-13(11,12)9-5-7-3-2-4-8(7)6-10/h7-10H,2-6H2,1H3. The highest BCUT2D eigenvalue weighted by atomic mass is 32.2. The van der Waals surface area contributed by atoms with Crippen LogP contribution in [0.3, 0.4) is 0 Å². The van der Waals surface area contributed by atoms with Crippen LogP contribution in [0.25, 0.3) is 0 Å². The van der Waals surface area contributed by atoms with Gasteiger partial charge < -0.3 is 5.11 Å². The molecule has 1 rings (SSSR count). The molecule has 0 aromatic carbocycles. The van der Waals surface area contributed by atoms with E-state index in [4.69, 9.17) is 5.11 Å². The molecule has 1 aliphatic rings. The van der Waals surface area contributed by atoms with E-state index in [1.165, 1.54) is 0 Å². The number of aliphatic hydroxyl groups excluding tert-OH is 1. The molecule has 0 radical (unpaired) electrons. The van der Waals surface area contributed by atoms with E-state index >= 15 is 0 Å². The quantitative estimate of drug-likeness (QED) is 0.679. The first-order chi connectivity index (χ1) is 6.03. The molecule has 1 fully saturated rings. The summed E-state index contributed by atoms with van der Waals surface area (Å²) in [6.07, 6.45) is 4.30. The highest BCUT2D eigenvalue weighted by Crippen LogP contribution is 2.30. The summed E-state index contributed by atoms with van der Waals surface area (Å²) in [5.41, 5.74) is 0. The zero-order valence-corrected chi connectivity index (χ0v) is 8.68. The van der Waals surface area contributed by atoms with Crippen LogP contribution in [0.5, 0.6) is 0 Å². The minimum atomic E-state index is -3.07. The van der Waals surface area contributed by atoms with E-state index < -0.39 is 10.0 Å². The lowest BCUT2D eigenvalue weighted by Gasteiger charge is -2.16. The second-order valence-electron chi connectivity index (χ2n) is 3.75. The summed E-state index contributed by atoms with van der Waals surface area (Å²) in [6, 6.07) is 0. The maximum atomic E-state index is 10.8. The van der Waals surface area contributed by atoms with Crippen LogP contribution in [-0.2, 0) is 10.0 Å². The first-order valence-electron chi connectivity index (χ1n) is 4.58. The van der Waals surface area contributed by atoms with E-state index in [9.17, 15) is 8.42 Å². The summed E-state index contributed by atoms with van der Waals surface area (Å²) in [5.74, 6) is 0.606. The smallest absolute Gasteiger partial charge is 0.208 e. The summed E-state index contributed by atoms with van der Waals surface area (Å²) in [4.78, 5) is 0. The van der Waals surface area contributed by atoms with Crippen LogP contribution in [0.4, 0.5) is 0 Å². The van der Waals surface area contributed by atoms with Crippen molar-refractivity contribution in [2.75, 3.05) is 19.4 Å². The molecule has 0 saturated heterocycles. The lowest BCUT2D eigenvalue weighted by molar-refractivity contribution is 0.195.